The fraction of sp³-hybridized carbons (Fsp3) is 0.333. The van der Waals surface area contributed by atoms with Gasteiger partial charge in [-0.2, -0.15) is 0 Å². The zero-order valence-corrected chi connectivity index (χ0v) is 11.5. The van der Waals surface area contributed by atoms with Gasteiger partial charge in [0.25, 0.3) is 0 Å². The lowest BCUT2D eigenvalue weighted by atomic mass is 10.1. The number of allylic oxidation sites excluding steroid dienone is 4. The predicted octanol–water partition coefficient (Wildman–Crippen LogP) is 4.36. The Morgan fingerprint density at radius 3 is 2.38 bits per heavy atom. The molecule has 0 aliphatic heterocycles. The van der Waals surface area contributed by atoms with Gasteiger partial charge in [0.2, 0.25) is 0 Å². The standard InChI is InChI=1S/C15H20Si/c1-16(2,3)15-11-7-10-14(15)12-13-8-5-4-6-9-13/h4-10H,11-12H2,1-3H3. The smallest absolute Gasteiger partial charge is 0.0732 e. The molecule has 0 bridgehead atoms. The number of benzene rings is 1. The van der Waals surface area contributed by atoms with E-state index in [1.807, 2.05) is 0 Å². The molecule has 0 spiro atoms. The third kappa shape index (κ3) is 2.53. The largest absolute Gasteiger partial charge is 0.0806 e. The van der Waals surface area contributed by atoms with Crippen LogP contribution < -0.4 is 0 Å². The van der Waals surface area contributed by atoms with Crippen LogP contribution in [0.5, 0.6) is 0 Å². The molecule has 16 heavy (non-hydrogen) atoms. The van der Waals surface area contributed by atoms with Gasteiger partial charge < -0.3 is 0 Å². The van der Waals surface area contributed by atoms with Crippen LogP contribution >= 0.6 is 0 Å². The number of rotatable bonds is 3. The predicted molar refractivity (Wildman–Crippen MR) is 74.3 cm³/mol. The van der Waals surface area contributed by atoms with Gasteiger partial charge in [0.15, 0.2) is 0 Å². The van der Waals surface area contributed by atoms with E-state index in [4.69, 9.17) is 0 Å². The number of hydrogen-bond donors (Lipinski definition) is 0. The summed E-state index contributed by atoms with van der Waals surface area (Å²) < 4.78 is 0. The molecule has 0 heterocycles. The van der Waals surface area contributed by atoms with Crippen LogP contribution in [0.4, 0.5) is 0 Å². The van der Waals surface area contributed by atoms with Crippen molar-refractivity contribution in [2.24, 2.45) is 0 Å². The van der Waals surface area contributed by atoms with Crippen molar-refractivity contribution in [2.45, 2.75) is 32.5 Å². The Hall–Kier alpha value is -1.08. The first-order valence-corrected chi connectivity index (χ1v) is 9.50. The molecule has 0 saturated carbocycles. The summed E-state index contributed by atoms with van der Waals surface area (Å²) in [5.74, 6) is 0. The maximum absolute atomic E-state index is 2.44. The van der Waals surface area contributed by atoms with Crippen LogP contribution in [0.25, 0.3) is 0 Å². The maximum atomic E-state index is 2.44. The van der Waals surface area contributed by atoms with Crippen molar-refractivity contribution in [1.82, 2.24) is 0 Å². The van der Waals surface area contributed by atoms with Gasteiger partial charge in [-0.1, -0.05) is 67.3 Å². The lowest BCUT2D eigenvalue weighted by Crippen LogP contribution is -2.24. The molecule has 84 valence electrons. The maximum Gasteiger partial charge on any atom is 0.0732 e. The molecule has 0 amide bonds. The zero-order chi connectivity index (χ0) is 11.6. The zero-order valence-electron chi connectivity index (χ0n) is 10.5. The third-order valence-corrected chi connectivity index (χ3v) is 5.51. The van der Waals surface area contributed by atoms with Crippen molar-refractivity contribution in [2.75, 3.05) is 0 Å². The summed E-state index contributed by atoms with van der Waals surface area (Å²) in [6.07, 6.45) is 6.96. The summed E-state index contributed by atoms with van der Waals surface area (Å²) in [6.45, 7) is 7.33. The van der Waals surface area contributed by atoms with Crippen molar-refractivity contribution >= 4 is 8.07 Å². The molecule has 0 saturated heterocycles. The molecular formula is C15H20Si. The summed E-state index contributed by atoms with van der Waals surface area (Å²) in [5.41, 5.74) is 3.00. The topological polar surface area (TPSA) is 0 Å². The second kappa shape index (κ2) is 4.42. The monoisotopic (exact) mass is 228 g/mol. The Bertz CT molecular complexity index is 418. The minimum atomic E-state index is -1.12. The molecule has 1 aromatic carbocycles. The normalized spacial score (nSPS) is 15.9. The highest BCUT2D eigenvalue weighted by atomic mass is 28.3. The van der Waals surface area contributed by atoms with E-state index >= 15 is 0 Å². The van der Waals surface area contributed by atoms with E-state index in [-0.39, 0.29) is 0 Å². The van der Waals surface area contributed by atoms with Gasteiger partial charge in [-0.15, -0.1) is 0 Å². The van der Waals surface area contributed by atoms with Gasteiger partial charge in [-0.05, 0) is 24.0 Å². The highest BCUT2D eigenvalue weighted by Gasteiger charge is 2.23. The molecule has 0 nitrogen and oxygen atoms in total. The summed E-state index contributed by atoms with van der Waals surface area (Å²) in [4.78, 5) is 0. The van der Waals surface area contributed by atoms with E-state index in [1.54, 1.807) is 10.8 Å². The first-order chi connectivity index (χ1) is 7.57. The lowest BCUT2D eigenvalue weighted by molar-refractivity contribution is 1.18. The van der Waals surface area contributed by atoms with Crippen LogP contribution in [0.1, 0.15) is 12.0 Å². The number of hydrogen-bond acceptors (Lipinski definition) is 0. The van der Waals surface area contributed by atoms with Crippen LogP contribution in [0.15, 0.2) is 53.3 Å². The second-order valence-electron chi connectivity index (χ2n) is 5.52. The van der Waals surface area contributed by atoms with E-state index in [2.05, 4.69) is 62.1 Å². The Morgan fingerprint density at radius 1 is 1.06 bits per heavy atom. The summed E-state index contributed by atoms with van der Waals surface area (Å²) in [6, 6.07) is 10.8. The summed E-state index contributed by atoms with van der Waals surface area (Å²) in [7, 11) is -1.12. The SMILES string of the molecule is C[Si](C)(C)C1=C(Cc2ccccc2)C=CC1. The molecule has 1 aliphatic carbocycles. The molecular weight excluding hydrogens is 208 g/mol. The van der Waals surface area contributed by atoms with Crippen molar-refractivity contribution < 1.29 is 0 Å². The molecule has 1 heteroatoms. The van der Waals surface area contributed by atoms with Gasteiger partial charge in [-0.3, -0.25) is 0 Å². The van der Waals surface area contributed by atoms with Gasteiger partial charge in [0.05, 0.1) is 8.07 Å². The average molecular weight is 228 g/mol. The molecule has 0 unspecified atom stereocenters. The highest BCUT2D eigenvalue weighted by molar-refractivity contribution is 6.83. The van der Waals surface area contributed by atoms with E-state index in [0.29, 0.717) is 0 Å². The van der Waals surface area contributed by atoms with E-state index in [0.717, 1.165) is 6.42 Å². The van der Waals surface area contributed by atoms with Crippen LogP contribution in [0.3, 0.4) is 0 Å². The van der Waals surface area contributed by atoms with E-state index in [1.165, 1.54) is 12.0 Å². The van der Waals surface area contributed by atoms with Gasteiger partial charge in [0.1, 0.15) is 0 Å². The van der Waals surface area contributed by atoms with Gasteiger partial charge in [-0.25, -0.2) is 0 Å². The average Bonchev–Trinajstić information content (AvgIpc) is 2.67. The van der Waals surface area contributed by atoms with Crippen LogP contribution in [-0.2, 0) is 6.42 Å². The Morgan fingerprint density at radius 2 is 1.75 bits per heavy atom. The molecule has 1 aliphatic rings. The third-order valence-electron chi connectivity index (χ3n) is 3.17. The van der Waals surface area contributed by atoms with Gasteiger partial charge >= 0.3 is 0 Å². The van der Waals surface area contributed by atoms with Crippen LogP contribution in [-0.4, -0.2) is 8.07 Å². The lowest BCUT2D eigenvalue weighted by Gasteiger charge is -2.20. The molecule has 0 N–H and O–H groups in total. The minimum Gasteiger partial charge on any atom is -0.0806 e. The van der Waals surface area contributed by atoms with Gasteiger partial charge in [0, 0.05) is 0 Å². The molecule has 0 aromatic heterocycles. The van der Waals surface area contributed by atoms with Crippen molar-refractivity contribution in [3.63, 3.8) is 0 Å². The Balaban J connectivity index is 2.24. The van der Waals surface area contributed by atoms with Crippen LogP contribution in [0.2, 0.25) is 19.6 Å². The van der Waals surface area contributed by atoms with Crippen molar-refractivity contribution in [1.29, 1.82) is 0 Å². The Labute approximate surface area is 99.7 Å². The molecule has 0 radical (unpaired) electrons. The highest BCUT2D eigenvalue weighted by Crippen LogP contribution is 2.29. The van der Waals surface area contributed by atoms with E-state index < -0.39 is 8.07 Å². The molecule has 0 atom stereocenters. The summed E-state index contributed by atoms with van der Waals surface area (Å²) >= 11 is 0. The molecule has 2 rings (SSSR count). The minimum absolute atomic E-state index is 1.11. The first-order valence-electron chi connectivity index (χ1n) is 6.00. The molecule has 0 fully saturated rings. The Kier molecular flexibility index (Phi) is 3.15. The van der Waals surface area contributed by atoms with Crippen LogP contribution in [0, 0.1) is 0 Å². The van der Waals surface area contributed by atoms with Crippen molar-refractivity contribution in [3.05, 3.63) is 58.8 Å². The molecule has 1 aromatic rings. The van der Waals surface area contributed by atoms with E-state index in [9.17, 15) is 0 Å². The fourth-order valence-electron chi connectivity index (χ4n) is 2.32. The first kappa shape index (κ1) is 11.4. The van der Waals surface area contributed by atoms with Crippen molar-refractivity contribution in [3.8, 4) is 0 Å². The summed E-state index contributed by atoms with van der Waals surface area (Å²) in [5, 5.41) is 1.73. The quantitative estimate of drug-likeness (QED) is 0.674. The second-order valence-corrected chi connectivity index (χ2v) is 10.6. The fourth-order valence-corrected chi connectivity index (χ4v) is 4.19.